The third-order valence-corrected chi connectivity index (χ3v) is 2.31. The highest BCUT2D eigenvalue weighted by Gasteiger charge is 2.35. The summed E-state index contributed by atoms with van der Waals surface area (Å²) in [6.07, 6.45) is -6.16. The molecule has 0 saturated heterocycles. The fourth-order valence-corrected chi connectivity index (χ4v) is 1.40. The zero-order chi connectivity index (χ0) is 12.5. The third-order valence-electron chi connectivity index (χ3n) is 2.01. The van der Waals surface area contributed by atoms with Crippen LogP contribution < -0.4 is 5.73 Å². The van der Waals surface area contributed by atoms with Crippen molar-refractivity contribution in [2.24, 2.45) is 5.73 Å². The molecule has 0 radical (unpaired) electrons. The van der Waals surface area contributed by atoms with Crippen LogP contribution in [0.15, 0.2) is 12.1 Å². The Bertz CT molecular complexity index is 395. The highest BCUT2D eigenvalue weighted by Crippen LogP contribution is 2.39. The number of hydrogen-bond donors (Lipinski definition) is 3. The molecule has 0 amide bonds. The summed E-state index contributed by atoms with van der Waals surface area (Å²) in [5.41, 5.74) is 3.49. The van der Waals surface area contributed by atoms with E-state index in [9.17, 15) is 18.3 Å². The van der Waals surface area contributed by atoms with Crippen LogP contribution >= 0.6 is 11.6 Å². The van der Waals surface area contributed by atoms with Crippen LogP contribution in [-0.2, 0) is 6.18 Å². The number of nitrogens with two attached hydrogens (primary N) is 1. The van der Waals surface area contributed by atoms with E-state index in [4.69, 9.17) is 22.4 Å². The molecule has 1 rings (SSSR count). The second kappa shape index (κ2) is 4.48. The SMILES string of the molecule is NCC(O)c1cc(Cl)c(O)cc1C(F)(F)F. The van der Waals surface area contributed by atoms with Crippen LogP contribution in [-0.4, -0.2) is 16.8 Å². The van der Waals surface area contributed by atoms with Crippen molar-refractivity contribution in [1.82, 2.24) is 0 Å². The lowest BCUT2D eigenvalue weighted by Gasteiger charge is -2.17. The van der Waals surface area contributed by atoms with Crippen LogP contribution in [0.4, 0.5) is 13.2 Å². The van der Waals surface area contributed by atoms with Crippen molar-refractivity contribution < 1.29 is 23.4 Å². The lowest BCUT2D eigenvalue weighted by atomic mass is 10.0. The number of alkyl halides is 3. The Morgan fingerprint density at radius 1 is 1.38 bits per heavy atom. The predicted octanol–water partition coefficient (Wildman–Crippen LogP) is 2.06. The Hall–Kier alpha value is -0.980. The smallest absolute Gasteiger partial charge is 0.416 e. The van der Waals surface area contributed by atoms with Gasteiger partial charge in [-0.2, -0.15) is 13.2 Å². The molecule has 0 spiro atoms. The minimum Gasteiger partial charge on any atom is -0.506 e. The summed E-state index contributed by atoms with van der Waals surface area (Å²) in [7, 11) is 0. The monoisotopic (exact) mass is 255 g/mol. The van der Waals surface area contributed by atoms with E-state index in [0.717, 1.165) is 6.07 Å². The summed E-state index contributed by atoms with van der Waals surface area (Å²) in [4.78, 5) is 0. The van der Waals surface area contributed by atoms with Gasteiger partial charge in [-0.1, -0.05) is 11.6 Å². The van der Waals surface area contributed by atoms with E-state index in [1.807, 2.05) is 0 Å². The molecule has 1 unspecified atom stereocenters. The average molecular weight is 256 g/mol. The molecule has 0 heterocycles. The largest absolute Gasteiger partial charge is 0.506 e. The molecule has 1 aromatic rings. The van der Waals surface area contributed by atoms with E-state index in [1.165, 1.54) is 0 Å². The van der Waals surface area contributed by atoms with Gasteiger partial charge in [0.15, 0.2) is 0 Å². The standard InChI is InChI=1S/C9H9ClF3NO2/c10-6-1-4(8(16)3-14)5(2-7(6)15)9(11,12)13/h1-2,8,15-16H,3,14H2. The van der Waals surface area contributed by atoms with Gasteiger partial charge in [-0.3, -0.25) is 0 Å². The molecule has 0 saturated carbocycles. The van der Waals surface area contributed by atoms with E-state index >= 15 is 0 Å². The number of halogens is 4. The molecule has 3 nitrogen and oxygen atoms in total. The molecule has 4 N–H and O–H groups in total. The van der Waals surface area contributed by atoms with Crippen molar-refractivity contribution >= 4 is 11.6 Å². The summed E-state index contributed by atoms with van der Waals surface area (Å²) in [5.74, 6) is -0.693. The Morgan fingerprint density at radius 2 is 1.94 bits per heavy atom. The van der Waals surface area contributed by atoms with Crippen molar-refractivity contribution in [3.63, 3.8) is 0 Å². The Kier molecular flexibility index (Phi) is 3.67. The van der Waals surface area contributed by atoms with Crippen molar-refractivity contribution in [1.29, 1.82) is 0 Å². The van der Waals surface area contributed by atoms with Gasteiger partial charge in [0.2, 0.25) is 0 Å². The lowest BCUT2D eigenvalue weighted by Crippen LogP contribution is -2.17. The first-order chi connectivity index (χ1) is 7.27. The minimum absolute atomic E-state index is 0.268. The Labute approximate surface area is 94.3 Å². The molecule has 0 aliphatic rings. The normalized spacial score (nSPS) is 13.9. The minimum atomic E-state index is -4.69. The van der Waals surface area contributed by atoms with Crippen molar-refractivity contribution in [2.45, 2.75) is 12.3 Å². The summed E-state index contributed by atoms with van der Waals surface area (Å²) in [6, 6.07) is 1.33. The van der Waals surface area contributed by atoms with Crippen LogP contribution in [0.1, 0.15) is 17.2 Å². The molecule has 1 atom stereocenters. The molecule has 7 heteroatoms. The van der Waals surface area contributed by atoms with Gasteiger partial charge in [-0.25, -0.2) is 0 Å². The topological polar surface area (TPSA) is 66.5 Å². The van der Waals surface area contributed by atoms with Gasteiger partial charge in [0, 0.05) is 6.54 Å². The number of aliphatic hydroxyl groups excluding tert-OH is 1. The number of phenols is 1. The summed E-state index contributed by atoms with van der Waals surface area (Å²) < 4.78 is 37.7. The van der Waals surface area contributed by atoms with Crippen LogP contribution in [0.3, 0.4) is 0 Å². The molecule has 0 aliphatic heterocycles. The van der Waals surface area contributed by atoms with Gasteiger partial charge in [-0.05, 0) is 17.7 Å². The number of hydrogen-bond acceptors (Lipinski definition) is 3. The van der Waals surface area contributed by atoms with Crippen molar-refractivity contribution in [3.8, 4) is 5.75 Å². The molecule has 0 fully saturated rings. The first-order valence-electron chi connectivity index (χ1n) is 4.25. The molecule has 0 aliphatic carbocycles. The van der Waals surface area contributed by atoms with Crippen LogP contribution in [0, 0.1) is 0 Å². The van der Waals surface area contributed by atoms with Crippen molar-refractivity contribution in [2.75, 3.05) is 6.54 Å². The van der Waals surface area contributed by atoms with Crippen LogP contribution in [0.5, 0.6) is 5.75 Å². The maximum Gasteiger partial charge on any atom is 0.416 e. The number of aliphatic hydroxyl groups is 1. The first kappa shape index (κ1) is 13.1. The first-order valence-corrected chi connectivity index (χ1v) is 4.63. The van der Waals surface area contributed by atoms with E-state index in [1.54, 1.807) is 0 Å². The molecule has 1 aromatic carbocycles. The van der Waals surface area contributed by atoms with Crippen LogP contribution in [0.2, 0.25) is 5.02 Å². The molecule has 0 aromatic heterocycles. The Balaban J connectivity index is 3.39. The number of rotatable bonds is 2. The maximum absolute atomic E-state index is 12.6. The quantitative estimate of drug-likeness (QED) is 0.758. The lowest BCUT2D eigenvalue weighted by molar-refractivity contribution is -0.139. The zero-order valence-corrected chi connectivity index (χ0v) is 8.68. The van der Waals surface area contributed by atoms with E-state index < -0.39 is 29.2 Å². The zero-order valence-electron chi connectivity index (χ0n) is 7.92. The fraction of sp³-hybridized carbons (Fsp3) is 0.333. The van der Waals surface area contributed by atoms with Crippen molar-refractivity contribution in [3.05, 3.63) is 28.3 Å². The molecular weight excluding hydrogens is 247 g/mol. The molecule has 90 valence electrons. The van der Waals surface area contributed by atoms with Gasteiger partial charge in [0.05, 0.1) is 16.7 Å². The molecule has 16 heavy (non-hydrogen) atoms. The number of aromatic hydroxyl groups is 1. The van der Waals surface area contributed by atoms with Gasteiger partial charge in [0.25, 0.3) is 0 Å². The molecular formula is C9H9ClF3NO2. The fourth-order valence-electron chi connectivity index (χ4n) is 1.23. The average Bonchev–Trinajstić information content (AvgIpc) is 2.18. The second-order valence-corrected chi connectivity index (χ2v) is 3.55. The highest BCUT2D eigenvalue weighted by molar-refractivity contribution is 6.32. The van der Waals surface area contributed by atoms with Gasteiger partial charge in [0.1, 0.15) is 5.75 Å². The van der Waals surface area contributed by atoms with Gasteiger partial charge >= 0.3 is 6.18 Å². The third kappa shape index (κ3) is 2.58. The maximum atomic E-state index is 12.6. The second-order valence-electron chi connectivity index (χ2n) is 3.14. The summed E-state index contributed by atoms with van der Waals surface area (Å²) in [5, 5.41) is 18.2. The van der Waals surface area contributed by atoms with Gasteiger partial charge in [-0.15, -0.1) is 0 Å². The predicted molar refractivity (Wildman–Crippen MR) is 52.1 cm³/mol. The van der Waals surface area contributed by atoms with E-state index in [-0.39, 0.29) is 11.6 Å². The van der Waals surface area contributed by atoms with Crippen LogP contribution in [0.25, 0.3) is 0 Å². The number of phenolic OH excluding ortho intramolecular Hbond substituents is 1. The van der Waals surface area contributed by atoms with E-state index in [0.29, 0.717) is 6.07 Å². The summed E-state index contributed by atoms with van der Waals surface area (Å²) >= 11 is 5.47. The number of benzene rings is 1. The Morgan fingerprint density at radius 3 is 2.38 bits per heavy atom. The summed E-state index contributed by atoms with van der Waals surface area (Å²) in [6.45, 7) is -0.371. The molecule has 0 bridgehead atoms. The van der Waals surface area contributed by atoms with E-state index in [2.05, 4.69) is 0 Å². The highest BCUT2D eigenvalue weighted by atomic mass is 35.5. The van der Waals surface area contributed by atoms with Gasteiger partial charge < -0.3 is 15.9 Å².